The Morgan fingerprint density at radius 1 is 1.00 bits per heavy atom. The van der Waals surface area contributed by atoms with Gasteiger partial charge in [0.15, 0.2) is 18.1 Å². The van der Waals surface area contributed by atoms with Crippen LogP contribution in [0.15, 0.2) is 53.1 Å². The molecule has 152 valence electrons. The van der Waals surface area contributed by atoms with Gasteiger partial charge in [-0.15, -0.1) is 0 Å². The fourth-order valence-corrected chi connectivity index (χ4v) is 3.00. The molecule has 4 rings (SSSR count). The van der Waals surface area contributed by atoms with Crippen molar-refractivity contribution in [1.29, 1.82) is 0 Å². The highest BCUT2D eigenvalue weighted by Gasteiger charge is 2.15. The highest BCUT2D eigenvalue weighted by Crippen LogP contribution is 2.31. The van der Waals surface area contributed by atoms with E-state index in [0.29, 0.717) is 39.1 Å². The molecule has 0 amide bonds. The Bertz CT molecular complexity index is 1220. The van der Waals surface area contributed by atoms with Crippen LogP contribution in [0.4, 0.5) is 0 Å². The molecule has 0 radical (unpaired) electrons. The second kappa shape index (κ2) is 8.38. The number of aromatic nitrogens is 3. The topological polar surface area (TPSA) is 96.6 Å². The molecule has 4 aromatic rings. The van der Waals surface area contributed by atoms with E-state index in [1.54, 1.807) is 62.8 Å². The number of rotatable bonds is 6. The van der Waals surface area contributed by atoms with Gasteiger partial charge in [0.05, 0.1) is 25.3 Å². The normalized spacial score (nSPS) is 10.8. The number of methoxy groups -OCH3 is 2. The summed E-state index contributed by atoms with van der Waals surface area (Å²) >= 11 is 5.88. The van der Waals surface area contributed by atoms with E-state index < -0.39 is 5.97 Å². The predicted octanol–water partition coefficient (Wildman–Crippen LogP) is 4.31. The van der Waals surface area contributed by atoms with E-state index in [1.807, 2.05) is 0 Å². The average Bonchev–Trinajstić information content (AvgIpc) is 3.25. The fraction of sp³-hybridized carbons (Fsp3) is 0.143. The molecular weight excluding hydrogens is 410 g/mol. The Balaban J connectivity index is 1.45. The van der Waals surface area contributed by atoms with Crippen molar-refractivity contribution >= 4 is 28.5 Å². The maximum atomic E-state index is 12.4. The number of halogens is 1. The van der Waals surface area contributed by atoms with Crippen molar-refractivity contribution in [3.8, 4) is 22.9 Å². The first kappa shape index (κ1) is 19.7. The molecule has 30 heavy (non-hydrogen) atoms. The summed E-state index contributed by atoms with van der Waals surface area (Å²) in [6, 6.07) is 13.7. The number of pyridine rings is 1. The number of carbonyl (C=O) groups is 1. The maximum Gasteiger partial charge on any atom is 0.338 e. The zero-order valence-corrected chi connectivity index (χ0v) is 16.8. The van der Waals surface area contributed by atoms with E-state index in [9.17, 15) is 4.79 Å². The molecule has 0 N–H and O–H groups in total. The van der Waals surface area contributed by atoms with Crippen LogP contribution in [0.25, 0.3) is 22.3 Å². The molecule has 0 bridgehead atoms. The number of nitrogens with zero attached hydrogens (tertiary/aromatic N) is 3. The van der Waals surface area contributed by atoms with Gasteiger partial charge in [-0.05, 0) is 48.5 Å². The van der Waals surface area contributed by atoms with Gasteiger partial charge < -0.3 is 18.7 Å². The molecule has 0 saturated carbocycles. The molecule has 0 aliphatic rings. The van der Waals surface area contributed by atoms with Crippen molar-refractivity contribution in [2.45, 2.75) is 6.61 Å². The van der Waals surface area contributed by atoms with E-state index in [2.05, 4.69) is 15.1 Å². The highest BCUT2D eigenvalue weighted by molar-refractivity contribution is 6.29. The summed E-state index contributed by atoms with van der Waals surface area (Å²) in [6.07, 6.45) is 0. The maximum absolute atomic E-state index is 12.4. The lowest BCUT2D eigenvalue weighted by Gasteiger charge is -2.07. The zero-order chi connectivity index (χ0) is 21.1. The average molecular weight is 426 g/mol. The van der Waals surface area contributed by atoms with Gasteiger partial charge in [-0.1, -0.05) is 16.8 Å². The van der Waals surface area contributed by atoms with Gasteiger partial charge in [0.1, 0.15) is 5.15 Å². The Morgan fingerprint density at radius 2 is 1.83 bits per heavy atom. The number of ether oxygens (including phenoxy) is 3. The van der Waals surface area contributed by atoms with Gasteiger partial charge >= 0.3 is 5.97 Å². The van der Waals surface area contributed by atoms with E-state index in [-0.39, 0.29) is 12.5 Å². The minimum absolute atomic E-state index is 0.157. The van der Waals surface area contributed by atoms with Crippen LogP contribution in [0.3, 0.4) is 0 Å². The number of esters is 1. The van der Waals surface area contributed by atoms with Crippen LogP contribution in [0, 0.1) is 0 Å². The van der Waals surface area contributed by atoms with Gasteiger partial charge in [0.2, 0.25) is 5.82 Å². The summed E-state index contributed by atoms with van der Waals surface area (Å²) in [5.41, 5.74) is 1.75. The van der Waals surface area contributed by atoms with Gasteiger partial charge in [-0.2, -0.15) is 4.98 Å². The summed E-state index contributed by atoms with van der Waals surface area (Å²) in [5, 5.41) is 5.09. The highest BCUT2D eigenvalue weighted by atomic mass is 35.5. The number of carbonyl (C=O) groups excluding carboxylic acids is 1. The van der Waals surface area contributed by atoms with E-state index in [0.717, 1.165) is 5.39 Å². The quantitative estimate of drug-likeness (QED) is 0.333. The van der Waals surface area contributed by atoms with Crippen LogP contribution in [-0.4, -0.2) is 35.3 Å². The van der Waals surface area contributed by atoms with Crippen molar-refractivity contribution in [1.82, 2.24) is 15.1 Å². The van der Waals surface area contributed by atoms with Gasteiger partial charge in [0.25, 0.3) is 5.89 Å². The van der Waals surface area contributed by atoms with Crippen LogP contribution in [-0.2, 0) is 11.3 Å². The second-order valence-corrected chi connectivity index (χ2v) is 6.59. The predicted molar refractivity (Wildman–Crippen MR) is 109 cm³/mol. The molecule has 0 fully saturated rings. The van der Waals surface area contributed by atoms with Crippen molar-refractivity contribution in [2.75, 3.05) is 14.2 Å². The summed E-state index contributed by atoms with van der Waals surface area (Å²) in [7, 11) is 3.10. The van der Waals surface area contributed by atoms with Crippen molar-refractivity contribution < 1.29 is 23.5 Å². The zero-order valence-electron chi connectivity index (χ0n) is 16.1. The first-order valence-electron chi connectivity index (χ1n) is 8.86. The van der Waals surface area contributed by atoms with Crippen LogP contribution in [0.1, 0.15) is 16.2 Å². The Hall–Kier alpha value is -3.65. The molecular formula is C21H16ClN3O5. The summed E-state index contributed by atoms with van der Waals surface area (Å²) in [6.45, 7) is -0.157. The van der Waals surface area contributed by atoms with Gasteiger partial charge in [-0.3, -0.25) is 0 Å². The smallest absolute Gasteiger partial charge is 0.338 e. The van der Waals surface area contributed by atoms with Crippen LogP contribution >= 0.6 is 11.6 Å². The van der Waals surface area contributed by atoms with Crippen molar-refractivity contribution in [3.63, 3.8) is 0 Å². The summed E-state index contributed by atoms with van der Waals surface area (Å²) in [5.74, 6) is 1.13. The minimum atomic E-state index is -0.516. The largest absolute Gasteiger partial charge is 0.493 e. The Labute approximate surface area is 176 Å². The SMILES string of the molecule is COc1ccc(-c2noc(COC(=O)c3ccc4nc(Cl)ccc4c3)n2)cc1OC. The molecule has 2 aromatic heterocycles. The third-order valence-electron chi connectivity index (χ3n) is 4.33. The van der Waals surface area contributed by atoms with Crippen LogP contribution in [0.2, 0.25) is 5.15 Å². The molecule has 0 spiro atoms. The van der Waals surface area contributed by atoms with Crippen LogP contribution < -0.4 is 9.47 Å². The molecule has 2 aromatic carbocycles. The van der Waals surface area contributed by atoms with Gasteiger partial charge in [-0.25, -0.2) is 9.78 Å². The number of hydrogen-bond donors (Lipinski definition) is 0. The fourth-order valence-electron chi connectivity index (χ4n) is 2.84. The molecule has 8 nitrogen and oxygen atoms in total. The van der Waals surface area contributed by atoms with Crippen molar-refractivity contribution in [2.24, 2.45) is 0 Å². The number of hydrogen-bond acceptors (Lipinski definition) is 8. The van der Waals surface area contributed by atoms with Crippen LogP contribution in [0.5, 0.6) is 11.5 Å². The molecule has 9 heteroatoms. The van der Waals surface area contributed by atoms with E-state index >= 15 is 0 Å². The lowest BCUT2D eigenvalue weighted by Crippen LogP contribution is -2.05. The second-order valence-electron chi connectivity index (χ2n) is 6.20. The molecule has 0 aliphatic carbocycles. The van der Waals surface area contributed by atoms with Crippen molar-refractivity contribution in [3.05, 3.63) is 65.1 Å². The Morgan fingerprint density at radius 3 is 2.63 bits per heavy atom. The summed E-state index contributed by atoms with van der Waals surface area (Å²) in [4.78, 5) is 20.8. The molecule has 0 atom stereocenters. The first-order chi connectivity index (χ1) is 14.6. The molecule has 0 unspecified atom stereocenters. The molecule has 0 saturated heterocycles. The lowest BCUT2D eigenvalue weighted by atomic mass is 10.1. The Kier molecular flexibility index (Phi) is 5.49. The van der Waals surface area contributed by atoms with E-state index in [1.165, 1.54) is 0 Å². The third kappa shape index (κ3) is 4.04. The molecule has 0 aliphatic heterocycles. The minimum Gasteiger partial charge on any atom is -0.493 e. The summed E-state index contributed by atoms with van der Waals surface area (Å²) < 4.78 is 21.0. The third-order valence-corrected chi connectivity index (χ3v) is 4.54. The standard InChI is InChI=1S/C21H16ClN3O5/c1-27-16-7-4-13(10-17(16)28-2)20-24-19(30-25-20)11-29-21(26)14-3-6-15-12(9-14)5-8-18(22)23-15/h3-10H,11H2,1-2H3. The van der Waals surface area contributed by atoms with E-state index in [4.69, 9.17) is 30.3 Å². The first-order valence-corrected chi connectivity index (χ1v) is 9.23. The number of benzene rings is 2. The molecule has 2 heterocycles. The number of fused-ring (bicyclic) bond motifs is 1. The lowest BCUT2D eigenvalue weighted by molar-refractivity contribution is 0.0430. The van der Waals surface area contributed by atoms with Gasteiger partial charge in [0, 0.05) is 10.9 Å². The monoisotopic (exact) mass is 425 g/mol.